The molecule has 26 heavy (non-hydrogen) atoms. The van der Waals surface area contributed by atoms with Crippen molar-refractivity contribution in [1.82, 2.24) is 0 Å². The first kappa shape index (κ1) is 17.8. The van der Waals surface area contributed by atoms with Gasteiger partial charge < -0.3 is 14.9 Å². The van der Waals surface area contributed by atoms with Crippen molar-refractivity contribution in [2.45, 2.75) is 71.3 Å². The van der Waals surface area contributed by atoms with Gasteiger partial charge in [-0.2, -0.15) is 0 Å². The topological polar surface area (TPSA) is 66.8 Å². The van der Waals surface area contributed by atoms with Gasteiger partial charge in [0.1, 0.15) is 11.5 Å². The van der Waals surface area contributed by atoms with Crippen molar-refractivity contribution < 1.29 is 19.7 Å². The fraction of sp³-hybridized carbons (Fsp3) is 0.682. The minimum absolute atomic E-state index is 0.0321. The van der Waals surface area contributed by atoms with Gasteiger partial charge in [0, 0.05) is 11.6 Å². The Bertz CT molecular complexity index is 725. The molecule has 4 rings (SSSR count). The second kappa shape index (κ2) is 6.26. The van der Waals surface area contributed by atoms with Crippen LogP contribution in [-0.2, 0) is 11.2 Å². The maximum atomic E-state index is 12.2. The number of rotatable bonds is 2. The van der Waals surface area contributed by atoms with Crippen LogP contribution in [0.5, 0.6) is 11.5 Å². The van der Waals surface area contributed by atoms with Crippen LogP contribution in [0.3, 0.4) is 0 Å². The lowest BCUT2D eigenvalue weighted by atomic mass is 9.55. The van der Waals surface area contributed by atoms with E-state index >= 15 is 0 Å². The molecule has 2 saturated carbocycles. The molecule has 0 aliphatic heterocycles. The number of esters is 1. The standard InChI is InChI=1S/C22H30O4/c1-12(2)21(25)26-18-11-14(23)10-13-4-5-15-16(20(13)18)8-9-22(3)17(15)6-7-19(22)24/h10-12,15-17,19,23-24H,4-9H2,1-3H3/t15-,16-,17-,19-,22-/m0/s1. The Morgan fingerprint density at radius 3 is 2.73 bits per heavy atom. The summed E-state index contributed by atoms with van der Waals surface area (Å²) in [6, 6.07) is 3.45. The van der Waals surface area contributed by atoms with Crippen LogP contribution in [0, 0.1) is 23.2 Å². The van der Waals surface area contributed by atoms with Gasteiger partial charge in [-0.15, -0.1) is 0 Å². The van der Waals surface area contributed by atoms with Crippen LogP contribution in [0.25, 0.3) is 0 Å². The van der Waals surface area contributed by atoms with Gasteiger partial charge in [0.15, 0.2) is 0 Å². The second-order valence-electron chi connectivity index (χ2n) is 9.15. The summed E-state index contributed by atoms with van der Waals surface area (Å²) in [7, 11) is 0. The molecule has 0 aromatic heterocycles. The van der Waals surface area contributed by atoms with Crippen molar-refractivity contribution >= 4 is 5.97 Å². The molecular formula is C22H30O4. The lowest BCUT2D eigenvalue weighted by Gasteiger charge is -2.50. The zero-order valence-corrected chi connectivity index (χ0v) is 16.0. The van der Waals surface area contributed by atoms with E-state index < -0.39 is 0 Å². The largest absolute Gasteiger partial charge is 0.508 e. The minimum Gasteiger partial charge on any atom is -0.508 e. The number of fused-ring (bicyclic) bond motifs is 5. The highest BCUT2D eigenvalue weighted by Gasteiger charge is 2.54. The molecule has 0 heterocycles. The Balaban J connectivity index is 1.72. The monoisotopic (exact) mass is 358 g/mol. The number of carbonyl (C=O) groups is 1. The van der Waals surface area contributed by atoms with E-state index in [4.69, 9.17) is 4.74 Å². The van der Waals surface area contributed by atoms with Gasteiger partial charge in [-0.1, -0.05) is 20.8 Å². The first-order chi connectivity index (χ1) is 12.3. The quantitative estimate of drug-likeness (QED) is 0.615. The van der Waals surface area contributed by atoms with Gasteiger partial charge in [0.2, 0.25) is 0 Å². The van der Waals surface area contributed by atoms with E-state index in [0.29, 0.717) is 23.5 Å². The predicted molar refractivity (Wildman–Crippen MR) is 99.2 cm³/mol. The summed E-state index contributed by atoms with van der Waals surface area (Å²) in [5, 5.41) is 20.7. The predicted octanol–water partition coefficient (Wildman–Crippen LogP) is 4.17. The number of aromatic hydroxyl groups is 1. The number of benzene rings is 1. The Morgan fingerprint density at radius 1 is 1.23 bits per heavy atom. The number of phenolic OH excluding ortho intramolecular Hbond substituents is 1. The van der Waals surface area contributed by atoms with Gasteiger partial charge in [0.25, 0.3) is 0 Å². The summed E-state index contributed by atoms with van der Waals surface area (Å²) in [6.45, 7) is 5.91. The average Bonchev–Trinajstić information content (AvgIpc) is 2.89. The number of carbonyl (C=O) groups excluding carboxylic acids is 1. The zero-order chi connectivity index (χ0) is 18.6. The van der Waals surface area contributed by atoms with Crippen LogP contribution < -0.4 is 4.74 Å². The van der Waals surface area contributed by atoms with Crippen molar-refractivity contribution in [1.29, 1.82) is 0 Å². The zero-order valence-electron chi connectivity index (χ0n) is 16.0. The number of ether oxygens (including phenoxy) is 1. The van der Waals surface area contributed by atoms with Crippen molar-refractivity contribution in [2.75, 3.05) is 0 Å². The van der Waals surface area contributed by atoms with E-state index in [1.54, 1.807) is 6.07 Å². The second-order valence-corrected chi connectivity index (χ2v) is 9.15. The third-order valence-corrected chi connectivity index (χ3v) is 7.40. The van der Waals surface area contributed by atoms with Crippen molar-refractivity contribution in [2.24, 2.45) is 23.2 Å². The molecule has 142 valence electrons. The Morgan fingerprint density at radius 2 is 2.00 bits per heavy atom. The highest BCUT2D eigenvalue weighted by atomic mass is 16.5. The molecule has 0 spiro atoms. The number of aliphatic hydroxyl groups is 1. The van der Waals surface area contributed by atoms with Crippen LogP contribution in [0.15, 0.2) is 12.1 Å². The number of aliphatic hydroxyl groups excluding tert-OH is 1. The Hall–Kier alpha value is -1.55. The van der Waals surface area contributed by atoms with Gasteiger partial charge in [-0.05, 0) is 73.3 Å². The van der Waals surface area contributed by atoms with Crippen LogP contribution in [-0.4, -0.2) is 22.3 Å². The van der Waals surface area contributed by atoms with Crippen LogP contribution >= 0.6 is 0 Å². The molecule has 3 aliphatic rings. The molecular weight excluding hydrogens is 328 g/mol. The first-order valence-corrected chi connectivity index (χ1v) is 10.1. The van der Waals surface area contributed by atoms with Gasteiger partial charge in [0.05, 0.1) is 12.0 Å². The molecule has 2 N–H and O–H groups in total. The van der Waals surface area contributed by atoms with E-state index in [2.05, 4.69) is 6.92 Å². The van der Waals surface area contributed by atoms with E-state index in [1.165, 1.54) is 0 Å². The Kier molecular flexibility index (Phi) is 4.30. The van der Waals surface area contributed by atoms with Crippen LogP contribution in [0.2, 0.25) is 0 Å². The van der Waals surface area contributed by atoms with E-state index in [1.807, 2.05) is 19.9 Å². The third kappa shape index (κ3) is 2.65. The molecule has 4 heteroatoms. The molecule has 0 radical (unpaired) electrons. The highest BCUT2D eigenvalue weighted by molar-refractivity contribution is 5.75. The van der Waals surface area contributed by atoms with Crippen LogP contribution in [0.4, 0.5) is 0 Å². The molecule has 2 fully saturated rings. The normalized spacial score (nSPS) is 35.6. The molecule has 1 aromatic carbocycles. The minimum atomic E-state index is -0.253. The summed E-state index contributed by atoms with van der Waals surface area (Å²) in [4.78, 5) is 12.2. The highest BCUT2D eigenvalue weighted by Crippen LogP contribution is 2.62. The lowest BCUT2D eigenvalue weighted by Crippen LogP contribution is -2.44. The molecule has 0 amide bonds. The first-order valence-electron chi connectivity index (χ1n) is 10.1. The van der Waals surface area contributed by atoms with Crippen molar-refractivity contribution in [3.05, 3.63) is 23.3 Å². The fourth-order valence-corrected chi connectivity index (χ4v) is 5.95. The summed E-state index contributed by atoms with van der Waals surface area (Å²) >= 11 is 0. The molecule has 0 saturated heterocycles. The number of aryl methyl sites for hydroxylation is 1. The molecule has 1 aromatic rings. The molecule has 3 aliphatic carbocycles. The van der Waals surface area contributed by atoms with E-state index in [0.717, 1.165) is 49.7 Å². The third-order valence-electron chi connectivity index (χ3n) is 7.40. The van der Waals surface area contributed by atoms with Crippen LogP contribution in [0.1, 0.15) is 69.9 Å². The van der Waals surface area contributed by atoms with E-state index in [9.17, 15) is 15.0 Å². The fourth-order valence-electron chi connectivity index (χ4n) is 5.95. The van der Waals surface area contributed by atoms with Crippen molar-refractivity contribution in [3.63, 3.8) is 0 Å². The summed E-state index contributed by atoms with van der Waals surface area (Å²) in [6.07, 6.45) is 5.82. The maximum Gasteiger partial charge on any atom is 0.313 e. The number of phenols is 1. The van der Waals surface area contributed by atoms with Crippen molar-refractivity contribution in [3.8, 4) is 11.5 Å². The van der Waals surface area contributed by atoms with E-state index in [-0.39, 0.29) is 29.2 Å². The molecule has 4 nitrogen and oxygen atoms in total. The summed E-state index contributed by atoms with van der Waals surface area (Å²) < 4.78 is 5.71. The summed E-state index contributed by atoms with van der Waals surface area (Å²) in [5.41, 5.74) is 2.29. The van der Waals surface area contributed by atoms with Gasteiger partial charge in [-0.3, -0.25) is 4.79 Å². The Labute approximate surface area is 155 Å². The SMILES string of the molecule is CC(C)C(=O)Oc1cc(O)cc2c1[C@H]1CC[C@]3(C)[C@@H](O)CC[C@H]3[C@H]1CC2. The molecule has 0 bridgehead atoms. The maximum absolute atomic E-state index is 12.2. The number of hydrogen-bond acceptors (Lipinski definition) is 4. The molecule has 0 unspecified atom stereocenters. The molecule has 5 atom stereocenters. The number of hydrogen-bond donors (Lipinski definition) is 2. The van der Waals surface area contributed by atoms with Gasteiger partial charge in [-0.25, -0.2) is 0 Å². The smallest absolute Gasteiger partial charge is 0.313 e. The average molecular weight is 358 g/mol. The lowest BCUT2D eigenvalue weighted by molar-refractivity contribution is -0.137. The van der Waals surface area contributed by atoms with Gasteiger partial charge >= 0.3 is 5.97 Å². The summed E-state index contributed by atoms with van der Waals surface area (Å²) in [5.74, 6) is 1.69.